The first-order valence-corrected chi connectivity index (χ1v) is 6.21. The van der Waals surface area contributed by atoms with Crippen LogP contribution < -0.4 is 15.2 Å². The first kappa shape index (κ1) is 14.2. The zero-order chi connectivity index (χ0) is 14.7. The maximum atomic E-state index is 11.8. The molecule has 108 valence electrons. The summed E-state index contributed by atoms with van der Waals surface area (Å²) in [5, 5.41) is 0.792. The van der Waals surface area contributed by atoms with Gasteiger partial charge in [0.25, 0.3) is 0 Å². The molecule has 6 heteroatoms. The van der Waals surface area contributed by atoms with Crippen LogP contribution in [-0.2, 0) is 11.8 Å². The third-order valence-electron chi connectivity index (χ3n) is 3.11. The van der Waals surface area contributed by atoms with Crippen LogP contribution in [0.1, 0.15) is 10.5 Å². The molecule has 1 heterocycles. The lowest BCUT2D eigenvalue weighted by Gasteiger charge is -2.10. The minimum absolute atomic E-state index is 0.407. The zero-order valence-corrected chi connectivity index (χ0v) is 11.8. The van der Waals surface area contributed by atoms with Gasteiger partial charge in [0.15, 0.2) is 0 Å². The number of carbonyl (C=O) groups is 1. The summed E-state index contributed by atoms with van der Waals surface area (Å²) >= 11 is 0. The normalized spacial score (nSPS) is 10.6. The van der Waals surface area contributed by atoms with Crippen LogP contribution in [0.4, 0.5) is 0 Å². The van der Waals surface area contributed by atoms with Crippen LogP contribution in [0.5, 0.6) is 11.5 Å². The second-order valence-electron chi connectivity index (χ2n) is 4.25. The molecule has 0 fully saturated rings. The van der Waals surface area contributed by atoms with E-state index < -0.39 is 5.97 Å². The summed E-state index contributed by atoms with van der Waals surface area (Å²) < 4.78 is 17.5. The number of hydrogen-bond acceptors (Lipinski definition) is 5. The number of carbonyl (C=O) groups excluding carboxylic acids is 1. The molecule has 2 N–H and O–H groups in total. The lowest BCUT2D eigenvalue weighted by molar-refractivity contribution is 0.0590. The van der Waals surface area contributed by atoms with Crippen LogP contribution in [0.3, 0.4) is 0 Å². The highest BCUT2D eigenvalue weighted by Crippen LogP contribution is 2.35. The highest BCUT2D eigenvalue weighted by molar-refractivity contribution is 6.00. The Kier molecular flexibility index (Phi) is 4.14. The summed E-state index contributed by atoms with van der Waals surface area (Å²) in [5.41, 5.74) is 6.67. The van der Waals surface area contributed by atoms with Crippen molar-refractivity contribution < 1.29 is 19.0 Å². The van der Waals surface area contributed by atoms with Crippen LogP contribution in [0, 0.1) is 0 Å². The first-order valence-electron chi connectivity index (χ1n) is 6.21. The van der Waals surface area contributed by atoms with Crippen molar-refractivity contribution in [2.45, 2.75) is 0 Å². The summed E-state index contributed by atoms with van der Waals surface area (Å²) in [5.74, 6) is 0.922. The maximum absolute atomic E-state index is 11.8. The van der Waals surface area contributed by atoms with Gasteiger partial charge in [-0.2, -0.15) is 0 Å². The second-order valence-corrected chi connectivity index (χ2v) is 4.25. The predicted octanol–water partition coefficient (Wildman–Crippen LogP) is 1.31. The minimum atomic E-state index is -0.407. The Balaban J connectivity index is 2.65. The van der Waals surface area contributed by atoms with E-state index in [-0.39, 0.29) is 0 Å². The van der Waals surface area contributed by atoms with Crippen LogP contribution in [0.25, 0.3) is 10.9 Å². The van der Waals surface area contributed by atoms with Gasteiger partial charge in [-0.1, -0.05) is 0 Å². The van der Waals surface area contributed by atoms with E-state index >= 15 is 0 Å². The fraction of sp³-hybridized carbons (Fsp3) is 0.357. The Hall–Kier alpha value is -2.21. The number of aryl methyl sites for hydroxylation is 1. The van der Waals surface area contributed by atoms with Gasteiger partial charge in [0.2, 0.25) is 0 Å². The number of aromatic nitrogens is 1. The van der Waals surface area contributed by atoms with Gasteiger partial charge >= 0.3 is 5.97 Å². The van der Waals surface area contributed by atoms with Crippen molar-refractivity contribution in [1.29, 1.82) is 0 Å². The number of rotatable bonds is 5. The molecule has 0 aliphatic heterocycles. The lowest BCUT2D eigenvalue weighted by Crippen LogP contribution is -2.10. The Morgan fingerprint density at radius 1 is 1.30 bits per heavy atom. The van der Waals surface area contributed by atoms with E-state index in [0.717, 1.165) is 10.9 Å². The van der Waals surface area contributed by atoms with Crippen molar-refractivity contribution in [3.63, 3.8) is 0 Å². The molecule has 2 aromatic rings. The molecule has 0 saturated carbocycles. The fourth-order valence-corrected chi connectivity index (χ4v) is 2.17. The average Bonchev–Trinajstić information content (AvgIpc) is 2.82. The van der Waals surface area contributed by atoms with Crippen molar-refractivity contribution in [3.05, 3.63) is 23.9 Å². The molecular weight excluding hydrogens is 260 g/mol. The third-order valence-corrected chi connectivity index (χ3v) is 3.11. The predicted molar refractivity (Wildman–Crippen MR) is 75.4 cm³/mol. The van der Waals surface area contributed by atoms with E-state index in [9.17, 15) is 4.79 Å². The van der Waals surface area contributed by atoms with Gasteiger partial charge in [0.05, 0.1) is 19.7 Å². The smallest absolute Gasteiger partial charge is 0.354 e. The van der Waals surface area contributed by atoms with Crippen LogP contribution in [-0.4, -0.2) is 37.9 Å². The standard InChI is InChI=1S/C14H18N2O4/c1-16-10(14(17)19-3)8-9-11(20-7-6-15)4-5-12(18-2)13(9)16/h4-5,8H,6-7,15H2,1-3H3. The number of benzene rings is 1. The molecule has 0 unspecified atom stereocenters. The number of ether oxygens (including phenoxy) is 3. The molecule has 0 saturated heterocycles. The zero-order valence-electron chi connectivity index (χ0n) is 11.8. The number of fused-ring (bicyclic) bond motifs is 1. The van der Waals surface area contributed by atoms with Crippen LogP contribution in [0.2, 0.25) is 0 Å². The van der Waals surface area contributed by atoms with Crippen LogP contribution >= 0.6 is 0 Å². The van der Waals surface area contributed by atoms with Crippen LogP contribution in [0.15, 0.2) is 18.2 Å². The molecule has 6 nitrogen and oxygen atoms in total. The van der Waals surface area contributed by atoms with Gasteiger partial charge in [0, 0.05) is 19.0 Å². The fourth-order valence-electron chi connectivity index (χ4n) is 2.17. The first-order chi connectivity index (χ1) is 9.63. The third kappa shape index (κ3) is 2.30. The molecule has 0 aliphatic rings. The van der Waals surface area contributed by atoms with E-state index in [1.54, 1.807) is 36.9 Å². The Bertz CT molecular complexity index is 634. The molecule has 1 aromatic heterocycles. The highest BCUT2D eigenvalue weighted by atomic mass is 16.5. The second kappa shape index (κ2) is 5.83. The number of nitrogens with two attached hydrogens (primary N) is 1. The van der Waals surface area contributed by atoms with Crippen molar-refractivity contribution in [3.8, 4) is 11.5 Å². The number of methoxy groups -OCH3 is 2. The van der Waals surface area contributed by atoms with Crippen molar-refractivity contribution in [2.24, 2.45) is 12.8 Å². The molecule has 0 amide bonds. The van der Waals surface area contributed by atoms with Crippen molar-refractivity contribution in [1.82, 2.24) is 4.57 Å². The Morgan fingerprint density at radius 2 is 2.00 bits per heavy atom. The topological polar surface area (TPSA) is 75.7 Å². The molecule has 20 heavy (non-hydrogen) atoms. The van der Waals surface area contributed by atoms with Gasteiger partial charge in [0.1, 0.15) is 23.8 Å². The van der Waals surface area contributed by atoms with Crippen molar-refractivity contribution in [2.75, 3.05) is 27.4 Å². The summed E-state index contributed by atoms with van der Waals surface area (Å²) in [4.78, 5) is 11.8. The number of hydrogen-bond donors (Lipinski definition) is 1. The molecule has 0 bridgehead atoms. The van der Waals surface area contributed by atoms with E-state index in [1.165, 1.54) is 7.11 Å². The monoisotopic (exact) mass is 278 g/mol. The van der Waals surface area contributed by atoms with E-state index in [4.69, 9.17) is 19.9 Å². The number of esters is 1. The average molecular weight is 278 g/mol. The van der Waals surface area contributed by atoms with Gasteiger partial charge in [-0.15, -0.1) is 0 Å². The molecule has 0 spiro atoms. The van der Waals surface area contributed by atoms with E-state index in [1.807, 2.05) is 0 Å². The SMILES string of the molecule is COC(=O)c1cc2c(OCCN)ccc(OC)c2n1C. The molecule has 0 atom stereocenters. The summed E-state index contributed by atoms with van der Waals surface area (Å²) in [6, 6.07) is 5.34. The summed E-state index contributed by atoms with van der Waals surface area (Å²) in [6.45, 7) is 0.827. The van der Waals surface area contributed by atoms with E-state index in [2.05, 4.69) is 0 Å². The Labute approximate surface area is 117 Å². The molecule has 0 aliphatic carbocycles. The van der Waals surface area contributed by atoms with Crippen molar-refractivity contribution >= 4 is 16.9 Å². The lowest BCUT2D eigenvalue weighted by atomic mass is 10.2. The Morgan fingerprint density at radius 3 is 2.60 bits per heavy atom. The molecule has 1 aromatic carbocycles. The van der Waals surface area contributed by atoms with Gasteiger partial charge in [-0.25, -0.2) is 4.79 Å². The summed E-state index contributed by atoms with van der Waals surface area (Å²) in [7, 11) is 4.72. The summed E-state index contributed by atoms with van der Waals surface area (Å²) in [6.07, 6.45) is 0. The quantitative estimate of drug-likeness (QED) is 0.835. The van der Waals surface area contributed by atoms with Gasteiger partial charge in [-0.05, 0) is 18.2 Å². The molecule has 0 radical (unpaired) electrons. The highest BCUT2D eigenvalue weighted by Gasteiger charge is 2.19. The number of nitrogens with zero attached hydrogens (tertiary/aromatic N) is 1. The largest absolute Gasteiger partial charge is 0.495 e. The molecular formula is C14H18N2O4. The molecule has 2 rings (SSSR count). The van der Waals surface area contributed by atoms with Gasteiger partial charge < -0.3 is 24.5 Å². The van der Waals surface area contributed by atoms with Gasteiger partial charge in [-0.3, -0.25) is 0 Å². The maximum Gasteiger partial charge on any atom is 0.354 e. The minimum Gasteiger partial charge on any atom is -0.495 e. The van der Waals surface area contributed by atoms with E-state index in [0.29, 0.717) is 30.3 Å².